The first-order chi connectivity index (χ1) is 10.8. The Morgan fingerprint density at radius 1 is 1.18 bits per heavy atom. The monoisotopic (exact) mass is 295 g/mol. The third kappa shape index (κ3) is 2.98. The van der Waals surface area contributed by atoms with Gasteiger partial charge in [0.25, 0.3) is 0 Å². The van der Waals surface area contributed by atoms with Gasteiger partial charge >= 0.3 is 5.97 Å². The fraction of sp³-hybridized carbons (Fsp3) is 0.0588. The Hall–Kier alpha value is -3.08. The number of methoxy groups -OCH3 is 1. The molecule has 1 aromatic heterocycles. The lowest BCUT2D eigenvalue weighted by molar-refractivity contribution is -0.130. The summed E-state index contributed by atoms with van der Waals surface area (Å²) in [6.07, 6.45) is 6.59. The van der Waals surface area contributed by atoms with Crippen LogP contribution < -0.4 is 4.74 Å². The number of rotatable bonds is 4. The van der Waals surface area contributed by atoms with E-state index in [0.29, 0.717) is 11.3 Å². The Labute approximate surface area is 127 Å². The van der Waals surface area contributed by atoms with Gasteiger partial charge in [-0.2, -0.15) is 0 Å². The summed E-state index contributed by atoms with van der Waals surface area (Å²) in [7, 11) is 1.59. The molecule has 0 N–H and O–H groups in total. The number of furan rings is 1. The Kier molecular flexibility index (Phi) is 3.87. The average Bonchev–Trinajstić information content (AvgIpc) is 3.18. The molecule has 0 aliphatic carbocycles. The minimum atomic E-state index is -0.477. The minimum Gasteiger partial charge on any atom is -0.497 e. The molecule has 0 fully saturated rings. The third-order valence-corrected chi connectivity index (χ3v) is 3.02. The fourth-order valence-electron chi connectivity index (χ4n) is 1.90. The van der Waals surface area contributed by atoms with Gasteiger partial charge in [-0.05, 0) is 48.6 Å². The quantitative estimate of drug-likeness (QED) is 0.642. The maximum atomic E-state index is 11.8. The summed E-state index contributed by atoms with van der Waals surface area (Å²) in [6.45, 7) is 0. The number of carbonyl (C=O) groups excluding carboxylic acids is 1. The summed E-state index contributed by atoms with van der Waals surface area (Å²) in [5.41, 5.74) is 0.959. The first kappa shape index (κ1) is 13.9. The third-order valence-electron chi connectivity index (χ3n) is 3.02. The van der Waals surface area contributed by atoms with Crippen molar-refractivity contribution in [1.29, 1.82) is 0 Å². The molecule has 1 aliphatic rings. The van der Waals surface area contributed by atoms with Crippen LogP contribution in [0.15, 0.2) is 69.9 Å². The molecular formula is C17H13NO4. The number of aliphatic imine (C=N–C) groups is 1. The summed E-state index contributed by atoms with van der Waals surface area (Å²) in [5, 5.41) is 0. The molecular weight excluding hydrogens is 282 g/mol. The Balaban J connectivity index is 1.78. The molecule has 2 heterocycles. The maximum Gasteiger partial charge on any atom is 0.363 e. The van der Waals surface area contributed by atoms with Crippen molar-refractivity contribution < 1.29 is 18.7 Å². The molecule has 0 radical (unpaired) electrons. The summed E-state index contributed by atoms with van der Waals surface area (Å²) in [6, 6.07) is 10.7. The zero-order valence-electron chi connectivity index (χ0n) is 11.9. The van der Waals surface area contributed by atoms with Crippen LogP contribution in [0, 0.1) is 0 Å². The van der Waals surface area contributed by atoms with Gasteiger partial charge < -0.3 is 13.9 Å². The number of esters is 1. The molecule has 0 spiro atoms. The van der Waals surface area contributed by atoms with Gasteiger partial charge in [-0.3, -0.25) is 0 Å². The van der Waals surface area contributed by atoms with Gasteiger partial charge in [0.05, 0.1) is 13.4 Å². The predicted octanol–water partition coefficient (Wildman–Crippen LogP) is 3.19. The van der Waals surface area contributed by atoms with Gasteiger partial charge in [0.1, 0.15) is 11.5 Å². The van der Waals surface area contributed by atoms with Crippen molar-refractivity contribution >= 4 is 17.9 Å². The van der Waals surface area contributed by atoms with E-state index in [1.54, 1.807) is 61.9 Å². The number of hydrogen-bond acceptors (Lipinski definition) is 5. The highest BCUT2D eigenvalue weighted by molar-refractivity contribution is 6.11. The summed E-state index contributed by atoms with van der Waals surface area (Å²) in [4.78, 5) is 16.0. The molecule has 0 atom stereocenters. The second-order valence-electron chi connectivity index (χ2n) is 4.46. The summed E-state index contributed by atoms with van der Waals surface area (Å²) >= 11 is 0. The average molecular weight is 295 g/mol. The van der Waals surface area contributed by atoms with Crippen LogP contribution in [-0.4, -0.2) is 19.0 Å². The highest BCUT2D eigenvalue weighted by Gasteiger charge is 2.23. The molecule has 1 aliphatic heterocycles. The van der Waals surface area contributed by atoms with Crippen molar-refractivity contribution in [2.45, 2.75) is 0 Å². The SMILES string of the molecule is COc1ccc(C2=N/C(=C/C=C/c3ccco3)C(=O)O2)cc1. The molecule has 0 bridgehead atoms. The molecule has 2 aromatic rings. The van der Waals surface area contributed by atoms with Crippen molar-refractivity contribution in [2.24, 2.45) is 4.99 Å². The molecule has 0 amide bonds. The molecule has 1 aromatic carbocycles. The van der Waals surface area contributed by atoms with Crippen LogP contribution in [0.2, 0.25) is 0 Å². The summed E-state index contributed by atoms with van der Waals surface area (Å²) < 4.78 is 15.4. The normalized spacial score (nSPS) is 16.1. The van der Waals surface area contributed by atoms with E-state index in [9.17, 15) is 4.79 Å². The molecule has 110 valence electrons. The maximum absolute atomic E-state index is 11.8. The van der Waals surface area contributed by atoms with E-state index in [4.69, 9.17) is 13.9 Å². The van der Waals surface area contributed by atoms with Crippen molar-refractivity contribution in [1.82, 2.24) is 0 Å². The van der Waals surface area contributed by atoms with E-state index in [-0.39, 0.29) is 11.6 Å². The smallest absolute Gasteiger partial charge is 0.363 e. The number of allylic oxidation sites excluding steroid dienone is 2. The van der Waals surface area contributed by atoms with E-state index < -0.39 is 5.97 Å². The van der Waals surface area contributed by atoms with Gasteiger partial charge in [0, 0.05) is 5.56 Å². The second kappa shape index (κ2) is 6.13. The summed E-state index contributed by atoms with van der Waals surface area (Å²) in [5.74, 6) is 1.23. The van der Waals surface area contributed by atoms with Crippen molar-refractivity contribution in [3.05, 3.63) is 71.8 Å². The van der Waals surface area contributed by atoms with Crippen molar-refractivity contribution in [3.63, 3.8) is 0 Å². The zero-order valence-corrected chi connectivity index (χ0v) is 11.9. The van der Waals surface area contributed by atoms with Crippen LogP contribution in [-0.2, 0) is 9.53 Å². The molecule has 22 heavy (non-hydrogen) atoms. The highest BCUT2D eigenvalue weighted by atomic mass is 16.6. The minimum absolute atomic E-state index is 0.244. The van der Waals surface area contributed by atoms with E-state index in [1.165, 1.54) is 0 Å². The Morgan fingerprint density at radius 3 is 2.68 bits per heavy atom. The molecule has 0 saturated carbocycles. The molecule has 5 nitrogen and oxygen atoms in total. The standard InChI is InChI=1S/C17H13NO4/c1-20-13-9-7-12(8-10-13)16-18-15(17(19)22-16)6-2-4-14-5-3-11-21-14/h2-11H,1H3/b4-2+,15-6+. The number of nitrogens with zero attached hydrogens (tertiary/aromatic N) is 1. The lowest BCUT2D eigenvalue weighted by atomic mass is 10.2. The first-order valence-corrected chi connectivity index (χ1v) is 6.63. The second-order valence-corrected chi connectivity index (χ2v) is 4.46. The van der Waals surface area contributed by atoms with Crippen LogP contribution in [0.1, 0.15) is 11.3 Å². The topological polar surface area (TPSA) is 61.0 Å². The first-order valence-electron chi connectivity index (χ1n) is 6.63. The van der Waals surface area contributed by atoms with E-state index in [1.807, 2.05) is 6.07 Å². The van der Waals surface area contributed by atoms with E-state index in [2.05, 4.69) is 4.99 Å². The van der Waals surface area contributed by atoms with Gasteiger partial charge in [-0.1, -0.05) is 6.08 Å². The van der Waals surface area contributed by atoms with E-state index >= 15 is 0 Å². The number of ether oxygens (including phenoxy) is 2. The van der Waals surface area contributed by atoms with Crippen LogP contribution in [0.25, 0.3) is 6.08 Å². The van der Waals surface area contributed by atoms with Crippen LogP contribution in [0.3, 0.4) is 0 Å². The number of cyclic esters (lactones) is 1. The van der Waals surface area contributed by atoms with Gasteiger partial charge in [0.2, 0.25) is 5.90 Å². The van der Waals surface area contributed by atoms with Crippen LogP contribution in [0.5, 0.6) is 5.75 Å². The zero-order chi connectivity index (χ0) is 15.4. The molecule has 3 rings (SSSR count). The largest absolute Gasteiger partial charge is 0.497 e. The van der Waals surface area contributed by atoms with Crippen molar-refractivity contribution in [3.8, 4) is 5.75 Å². The van der Waals surface area contributed by atoms with E-state index in [0.717, 1.165) is 5.75 Å². The van der Waals surface area contributed by atoms with Crippen molar-refractivity contribution in [2.75, 3.05) is 7.11 Å². The van der Waals surface area contributed by atoms with Gasteiger partial charge in [0.15, 0.2) is 5.70 Å². The number of benzene rings is 1. The van der Waals surface area contributed by atoms with Crippen LogP contribution >= 0.6 is 0 Å². The Bertz CT molecular complexity index is 752. The Morgan fingerprint density at radius 2 is 2.00 bits per heavy atom. The fourth-order valence-corrected chi connectivity index (χ4v) is 1.90. The molecule has 0 unspecified atom stereocenters. The van der Waals surface area contributed by atoms with Gasteiger partial charge in [-0.15, -0.1) is 0 Å². The predicted molar refractivity (Wildman–Crippen MR) is 81.4 cm³/mol. The van der Waals surface area contributed by atoms with Gasteiger partial charge in [-0.25, -0.2) is 9.79 Å². The molecule has 5 heteroatoms. The lowest BCUT2D eigenvalue weighted by Crippen LogP contribution is -2.05. The number of hydrogen-bond donors (Lipinski definition) is 0. The highest BCUT2D eigenvalue weighted by Crippen LogP contribution is 2.19. The molecule has 0 saturated heterocycles. The van der Waals surface area contributed by atoms with Crippen LogP contribution in [0.4, 0.5) is 0 Å². The number of carbonyl (C=O) groups is 1. The lowest BCUT2D eigenvalue weighted by Gasteiger charge is -2.01.